The van der Waals surface area contributed by atoms with Crippen LogP contribution >= 0.6 is 0 Å². The lowest BCUT2D eigenvalue weighted by Gasteiger charge is -2.37. The average molecular weight is 398 g/mol. The molecule has 0 unspecified atom stereocenters. The number of hydrogen-bond donors (Lipinski definition) is 0. The Bertz CT molecular complexity index is 916. The van der Waals surface area contributed by atoms with E-state index in [-0.39, 0.29) is 30.1 Å². The summed E-state index contributed by atoms with van der Waals surface area (Å²) >= 11 is 0. The molecule has 1 saturated heterocycles. The summed E-state index contributed by atoms with van der Waals surface area (Å²) < 4.78 is 24.1. The highest BCUT2D eigenvalue weighted by atomic mass is 19.1. The molecule has 152 valence electrons. The number of benzene rings is 2. The van der Waals surface area contributed by atoms with Crippen LogP contribution in [0.25, 0.3) is 0 Å². The van der Waals surface area contributed by atoms with Gasteiger partial charge < -0.3 is 19.3 Å². The molecular weight excluding hydrogens is 375 g/mol. The molecule has 0 saturated carbocycles. The Morgan fingerprint density at radius 3 is 2.72 bits per heavy atom. The predicted octanol–water partition coefficient (Wildman–Crippen LogP) is 2.26. The van der Waals surface area contributed by atoms with E-state index in [1.165, 1.54) is 12.1 Å². The second-order valence-electron chi connectivity index (χ2n) is 7.39. The van der Waals surface area contributed by atoms with Crippen LogP contribution in [0.2, 0.25) is 0 Å². The van der Waals surface area contributed by atoms with Crippen LogP contribution in [0.15, 0.2) is 42.5 Å². The quantitative estimate of drug-likeness (QED) is 0.793. The van der Waals surface area contributed by atoms with Crippen molar-refractivity contribution in [3.8, 4) is 11.5 Å². The van der Waals surface area contributed by atoms with Gasteiger partial charge in [0.2, 0.25) is 11.8 Å². The summed E-state index contributed by atoms with van der Waals surface area (Å²) in [5.74, 6) is 0.719. The van der Waals surface area contributed by atoms with Crippen LogP contribution in [-0.2, 0) is 22.6 Å². The number of carbonyl (C=O) groups is 2. The zero-order valence-electron chi connectivity index (χ0n) is 16.3. The monoisotopic (exact) mass is 398 g/mol. The van der Waals surface area contributed by atoms with Crippen LogP contribution in [0, 0.1) is 11.7 Å². The Kier molecular flexibility index (Phi) is 5.38. The van der Waals surface area contributed by atoms with Crippen molar-refractivity contribution in [2.45, 2.75) is 13.0 Å². The highest BCUT2D eigenvalue weighted by Gasteiger charge is 2.34. The number of ether oxygens (including phenoxy) is 2. The molecule has 2 aliphatic heterocycles. The summed E-state index contributed by atoms with van der Waals surface area (Å²) in [6.07, 6.45) is 0.565. The van der Waals surface area contributed by atoms with Gasteiger partial charge in [0, 0.05) is 19.6 Å². The third-order valence-corrected chi connectivity index (χ3v) is 5.44. The van der Waals surface area contributed by atoms with E-state index >= 15 is 0 Å². The first-order valence-electron chi connectivity index (χ1n) is 9.64. The van der Waals surface area contributed by atoms with Crippen molar-refractivity contribution in [1.29, 1.82) is 0 Å². The van der Waals surface area contributed by atoms with Gasteiger partial charge in [-0.2, -0.15) is 0 Å². The molecule has 0 aliphatic carbocycles. The minimum atomic E-state index is -0.314. The molecule has 1 atom stereocenters. The first-order valence-corrected chi connectivity index (χ1v) is 9.64. The van der Waals surface area contributed by atoms with Gasteiger partial charge in [-0.05, 0) is 47.9 Å². The number of piperazine rings is 1. The molecule has 2 amide bonds. The molecule has 0 aromatic heterocycles. The zero-order chi connectivity index (χ0) is 20.4. The van der Waals surface area contributed by atoms with E-state index in [4.69, 9.17) is 9.47 Å². The summed E-state index contributed by atoms with van der Waals surface area (Å²) in [7, 11) is 1.60. The molecule has 1 fully saturated rings. The maximum absolute atomic E-state index is 13.1. The first kappa shape index (κ1) is 19.2. The molecule has 0 spiro atoms. The standard InChI is InChI=1S/C22H23FN2O4/c1-28-19-6-7-20-16(11-19)10-17(14-29-20)22(27)25-9-8-24(21(26)13-25)12-15-2-4-18(23)5-3-15/h2-7,11,17H,8-10,12-14H2,1H3/t17-/m1/s1. The highest BCUT2D eigenvalue weighted by molar-refractivity contribution is 5.87. The predicted molar refractivity (Wildman–Crippen MR) is 104 cm³/mol. The maximum Gasteiger partial charge on any atom is 0.242 e. The molecule has 0 N–H and O–H groups in total. The molecule has 2 heterocycles. The van der Waals surface area contributed by atoms with E-state index in [0.29, 0.717) is 32.7 Å². The number of amides is 2. The first-order chi connectivity index (χ1) is 14.0. The molecule has 6 nitrogen and oxygen atoms in total. The Hall–Kier alpha value is -3.09. The fourth-order valence-corrected chi connectivity index (χ4v) is 3.79. The van der Waals surface area contributed by atoms with Crippen molar-refractivity contribution in [2.24, 2.45) is 5.92 Å². The number of rotatable bonds is 4. The third kappa shape index (κ3) is 4.18. The lowest BCUT2D eigenvalue weighted by molar-refractivity contribution is -0.148. The summed E-state index contributed by atoms with van der Waals surface area (Å²) in [6, 6.07) is 11.7. The summed E-state index contributed by atoms with van der Waals surface area (Å²) in [6.45, 7) is 1.72. The van der Waals surface area contributed by atoms with Crippen molar-refractivity contribution < 1.29 is 23.5 Å². The van der Waals surface area contributed by atoms with Crippen molar-refractivity contribution in [3.63, 3.8) is 0 Å². The van der Waals surface area contributed by atoms with Crippen molar-refractivity contribution in [2.75, 3.05) is 33.4 Å². The zero-order valence-corrected chi connectivity index (χ0v) is 16.3. The van der Waals surface area contributed by atoms with E-state index in [0.717, 1.165) is 22.6 Å². The Balaban J connectivity index is 1.37. The Labute approximate surface area is 168 Å². The molecular formula is C22H23FN2O4. The Morgan fingerprint density at radius 1 is 1.21 bits per heavy atom. The van der Waals surface area contributed by atoms with E-state index in [9.17, 15) is 14.0 Å². The summed E-state index contributed by atoms with van der Waals surface area (Å²) in [5, 5.41) is 0. The average Bonchev–Trinajstić information content (AvgIpc) is 2.75. The number of nitrogens with zero attached hydrogens (tertiary/aromatic N) is 2. The molecule has 2 aliphatic rings. The van der Waals surface area contributed by atoms with E-state index in [1.54, 1.807) is 29.0 Å². The molecule has 2 aromatic rings. The van der Waals surface area contributed by atoms with Crippen LogP contribution in [0.3, 0.4) is 0 Å². The molecule has 2 aromatic carbocycles. The van der Waals surface area contributed by atoms with E-state index in [1.807, 2.05) is 18.2 Å². The topological polar surface area (TPSA) is 59.1 Å². The normalized spacial score (nSPS) is 18.8. The second kappa shape index (κ2) is 8.11. The fourth-order valence-electron chi connectivity index (χ4n) is 3.79. The molecule has 0 bridgehead atoms. The van der Waals surface area contributed by atoms with E-state index in [2.05, 4.69) is 0 Å². The van der Waals surface area contributed by atoms with Gasteiger partial charge in [-0.1, -0.05) is 12.1 Å². The number of hydrogen-bond acceptors (Lipinski definition) is 4. The summed E-state index contributed by atoms with van der Waals surface area (Å²) in [5.41, 5.74) is 1.81. The van der Waals surface area contributed by atoms with Crippen LogP contribution < -0.4 is 9.47 Å². The minimum absolute atomic E-state index is 0.0570. The largest absolute Gasteiger partial charge is 0.497 e. The van der Waals surface area contributed by atoms with Gasteiger partial charge in [-0.15, -0.1) is 0 Å². The van der Waals surface area contributed by atoms with Gasteiger partial charge in [0.25, 0.3) is 0 Å². The third-order valence-electron chi connectivity index (χ3n) is 5.44. The number of fused-ring (bicyclic) bond motifs is 1. The van der Waals surface area contributed by atoms with Crippen LogP contribution in [0.4, 0.5) is 4.39 Å². The van der Waals surface area contributed by atoms with E-state index < -0.39 is 0 Å². The van der Waals surface area contributed by atoms with Crippen LogP contribution in [0.1, 0.15) is 11.1 Å². The molecule has 4 rings (SSSR count). The van der Waals surface area contributed by atoms with Gasteiger partial charge in [0.1, 0.15) is 23.9 Å². The van der Waals surface area contributed by atoms with Crippen molar-refractivity contribution >= 4 is 11.8 Å². The van der Waals surface area contributed by atoms with Gasteiger partial charge in [0.15, 0.2) is 0 Å². The van der Waals surface area contributed by atoms with Crippen molar-refractivity contribution in [1.82, 2.24) is 9.80 Å². The SMILES string of the molecule is COc1ccc2c(c1)C[C@@H](C(=O)N1CCN(Cc3ccc(F)cc3)C(=O)C1)CO2. The molecule has 29 heavy (non-hydrogen) atoms. The lowest BCUT2D eigenvalue weighted by Crippen LogP contribution is -2.54. The van der Waals surface area contributed by atoms with Gasteiger partial charge in [-0.3, -0.25) is 9.59 Å². The number of carbonyl (C=O) groups excluding carboxylic acids is 2. The Morgan fingerprint density at radius 2 is 2.00 bits per heavy atom. The van der Waals surface area contributed by atoms with Gasteiger partial charge in [0.05, 0.1) is 19.6 Å². The number of methoxy groups -OCH3 is 1. The lowest BCUT2D eigenvalue weighted by atomic mass is 9.95. The molecule has 7 heteroatoms. The number of halogens is 1. The highest BCUT2D eigenvalue weighted by Crippen LogP contribution is 2.31. The van der Waals surface area contributed by atoms with Gasteiger partial charge in [-0.25, -0.2) is 4.39 Å². The molecule has 0 radical (unpaired) electrons. The van der Waals surface area contributed by atoms with Gasteiger partial charge >= 0.3 is 0 Å². The van der Waals surface area contributed by atoms with Crippen molar-refractivity contribution in [3.05, 3.63) is 59.4 Å². The fraction of sp³-hybridized carbons (Fsp3) is 0.364. The van der Waals surface area contributed by atoms with Crippen LogP contribution in [-0.4, -0.2) is 55.0 Å². The van der Waals surface area contributed by atoms with Crippen LogP contribution in [0.5, 0.6) is 11.5 Å². The minimum Gasteiger partial charge on any atom is -0.497 e. The second-order valence-corrected chi connectivity index (χ2v) is 7.39. The summed E-state index contributed by atoms with van der Waals surface area (Å²) in [4.78, 5) is 28.8. The smallest absolute Gasteiger partial charge is 0.242 e. The maximum atomic E-state index is 13.1.